The Morgan fingerprint density at radius 1 is 1.14 bits per heavy atom. The van der Waals surface area contributed by atoms with E-state index in [1.165, 1.54) is 0 Å². The van der Waals surface area contributed by atoms with Crippen molar-refractivity contribution in [2.24, 2.45) is 5.92 Å². The molecular weight excluding hydrogens is 280 g/mol. The summed E-state index contributed by atoms with van der Waals surface area (Å²) >= 11 is 0. The van der Waals surface area contributed by atoms with Crippen LogP contribution in [0.1, 0.15) is 46.2 Å². The van der Waals surface area contributed by atoms with Gasteiger partial charge in [0.1, 0.15) is 11.6 Å². The summed E-state index contributed by atoms with van der Waals surface area (Å²) in [4.78, 5) is 24.3. The molecule has 0 radical (unpaired) electrons. The Morgan fingerprint density at radius 2 is 1.73 bits per heavy atom. The third kappa shape index (κ3) is 6.61. The molecule has 0 saturated carbocycles. The second kappa shape index (κ2) is 7.82. The molecule has 0 spiro atoms. The fourth-order valence-corrected chi connectivity index (χ4v) is 1.78. The summed E-state index contributed by atoms with van der Waals surface area (Å²) in [5, 5.41) is 5.48. The average Bonchev–Trinajstić information content (AvgIpc) is 2.41. The van der Waals surface area contributed by atoms with Crippen molar-refractivity contribution in [1.82, 2.24) is 10.6 Å². The van der Waals surface area contributed by atoms with Gasteiger partial charge in [0.05, 0.1) is 0 Å². The second-order valence-electron chi connectivity index (χ2n) is 6.63. The van der Waals surface area contributed by atoms with Gasteiger partial charge in [0.2, 0.25) is 5.91 Å². The van der Waals surface area contributed by atoms with Crippen LogP contribution in [0.3, 0.4) is 0 Å². The van der Waals surface area contributed by atoms with Crippen LogP contribution in [0.4, 0.5) is 4.79 Å². The molecule has 0 saturated heterocycles. The Hall–Kier alpha value is -2.04. The van der Waals surface area contributed by atoms with E-state index in [1.807, 2.05) is 32.0 Å². The molecule has 2 amide bonds. The zero-order chi connectivity index (χ0) is 16.8. The van der Waals surface area contributed by atoms with Crippen molar-refractivity contribution >= 4 is 12.0 Å². The molecule has 1 aromatic carbocycles. The Balaban J connectivity index is 2.83. The second-order valence-corrected chi connectivity index (χ2v) is 6.63. The smallest absolute Gasteiger partial charge is 0.408 e. The van der Waals surface area contributed by atoms with Crippen LogP contribution in [0.15, 0.2) is 30.3 Å². The van der Waals surface area contributed by atoms with Crippen LogP contribution < -0.4 is 10.6 Å². The van der Waals surface area contributed by atoms with E-state index in [1.54, 1.807) is 32.9 Å². The zero-order valence-electron chi connectivity index (χ0n) is 14.0. The fourth-order valence-electron chi connectivity index (χ4n) is 1.78. The lowest BCUT2D eigenvalue weighted by atomic mass is 10.1. The van der Waals surface area contributed by atoms with Crippen LogP contribution in [-0.4, -0.2) is 24.1 Å². The van der Waals surface area contributed by atoms with E-state index in [2.05, 4.69) is 10.6 Å². The number of ether oxygens (including phenoxy) is 1. The molecule has 1 rings (SSSR count). The van der Waals surface area contributed by atoms with Gasteiger partial charge in [0, 0.05) is 6.54 Å². The SMILES string of the molecule is CC(C)CNC(=O)C(NC(=O)OC(C)(C)C)c1ccccc1. The highest BCUT2D eigenvalue weighted by Gasteiger charge is 2.25. The normalized spacial score (nSPS) is 12.6. The monoisotopic (exact) mass is 306 g/mol. The van der Waals surface area contributed by atoms with Crippen molar-refractivity contribution in [3.05, 3.63) is 35.9 Å². The Kier molecular flexibility index (Phi) is 6.40. The molecule has 2 N–H and O–H groups in total. The summed E-state index contributed by atoms with van der Waals surface area (Å²) in [5.41, 5.74) is 0.106. The van der Waals surface area contributed by atoms with E-state index in [0.717, 1.165) is 5.56 Å². The maximum Gasteiger partial charge on any atom is 0.408 e. The van der Waals surface area contributed by atoms with Gasteiger partial charge in [-0.05, 0) is 32.3 Å². The van der Waals surface area contributed by atoms with Crippen LogP contribution >= 0.6 is 0 Å². The average molecular weight is 306 g/mol. The summed E-state index contributed by atoms with van der Waals surface area (Å²) in [6, 6.07) is 8.35. The molecule has 0 heterocycles. The molecule has 0 aliphatic rings. The van der Waals surface area contributed by atoms with E-state index < -0.39 is 17.7 Å². The molecule has 5 nitrogen and oxygen atoms in total. The van der Waals surface area contributed by atoms with Crippen LogP contribution in [0.25, 0.3) is 0 Å². The molecule has 5 heteroatoms. The Labute approximate surface area is 132 Å². The van der Waals surface area contributed by atoms with Crippen molar-refractivity contribution in [1.29, 1.82) is 0 Å². The first-order valence-electron chi connectivity index (χ1n) is 7.51. The third-order valence-corrected chi connectivity index (χ3v) is 2.74. The summed E-state index contributed by atoms with van der Waals surface area (Å²) in [5.74, 6) is 0.0904. The van der Waals surface area contributed by atoms with Gasteiger partial charge in [-0.15, -0.1) is 0 Å². The lowest BCUT2D eigenvalue weighted by Crippen LogP contribution is -2.43. The van der Waals surface area contributed by atoms with Gasteiger partial charge in [0.15, 0.2) is 0 Å². The summed E-state index contributed by atoms with van der Waals surface area (Å²) < 4.78 is 5.24. The van der Waals surface area contributed by atoms with Gasteiger partial charge < -0.3 is 15.4 Å². The standard InChI is InChI=1S/C17H26N2O3/c1-12(2)11-18-15(20)14(13-9-7-6-8-10-13)19-16(21)22-17(3,4)5/h6-10,12,14H,11H2,1-5H3,(H,18,20)(H,19,21). The van der Waals surface area contributed by atoms with E-state index in [4.69, 9.17) is 4.74 Å². The van der Waals surface area contributed by atoms with E-state index in [0.29, 0.717) is 12.5 Å². The quantitative estimate of drug-likeness (QED) is 0.878. The molecule has 22 heavy (non-hydrogen) atoms. The zero-order valence-corrected chi connectivity index (χ0v) is 14.0. The maximum absolute atomic E-state index is 12.4. The summed E-state index contributed by atoms with van der Waals surface area (Å²) in [6.45, 7) is 9.92. The van der Waals surface area contributed by atoms with E-state index >= 15 is 0 Å². The number of hydrogen-bond acceptors (Lipinski definition) is 3. The number of hydrogen-bond donors (Lipinski definition) is 2. The van der Waals surface area contributed by atoms with Crippen LogP contribution in [-0.2, 0) is 9.53 Å². The number of rotatable bonds is 5. The van der Waals surface area contributed by atoms with E-state index in [-0.39, 0.29) is 5.91 Å². The van der Waals surface area contributed by atoms with Gasteiger partial charge >= 0.3 is 6.09 Å². The lowest BCUT2D eigenvalue weighted by molar-refractivity contribution is -0.123. The molecule has 122 valence electrons. The predicted molar refractivity (Wildman–Crippen MR) is 86.4 cm³/mol. The van der Waals surface area contributed by atoms with Crippen molar-refractivity contribution in [3.8, 4) is 0 Å². The van der Waals surface area contributed by atoms with Crippen molar-refractivity contribution in [3.63, 3.8) is 0 Å². The molecule has 1 aromatic rings. The highest BCUT2D eigenvalue weighted by Crippen LogP contribution is 2.15. The number of nitrogens with one attached hydrogen (secondary N) is 2. The Morgan fingerprint density at radius 3 is 2.23 bits per heavy atom. The molecule has 1 unspecified atom stereocenters. The molecule has 0 aliphatic carbocycles. The minimum absolute atomic E-state index is 0.245. The number of amides is 2. The van der Waals surface area contributed by atoms with Gasteiger partial charge in [-0.3, -0.25) is 4.79 Å². The molecular formula is C17H26N2O3. The van der Waals surface area contributed by atoms with Gasteiger partial charge in [-0.1, -0.05) is 44.2 Å². The van der Waals surface area contributed by atoms with Crippen molar-refractivity contribution < 1.29 is 14.3 Å². The molecule has 0 fully saturated rings. The fraction of sp³-hybridized carbons (Fsp3) is 0.529. The first-order valence-corrected chi connectivity index (χ1v) is 7.51. The topological polar surface area (TPSA) is 67.4 Å². The molecule has 0 aliphatic heterocycles. The third-order valence-electron chi connectivity index (χ3n) is 2.74. The largest absolute Gasteiger partial charge is 0.444 e. The summed E-state index contributed by atoms with van der Waals surface area (Å²) in [7, 11) is 0. The molecule has 1 atom stereocenters. The van der Waals surface area contributed by atoms with E-state index in [9.17, 15) is 9.59 Å². The van der Waals surface area contributed by atoms with Crippen molar-refractivity contribution in [2.75, 3.05) is 6.54 Å². The van der Waals surface area contributed by atoms with Gasteiger partial charge in [-0.2, -0.15) is 0 Å². The number of alkyl carbamates (subject to hydrolysis) is 1. The van der Waals surface area contributed by atoms with Crippen molar-refractivity contribution in [2.45, 2.75) is 46.3 Å². The highest BCUT2D eigenvalue weighted by molar-refractivity contribution is 5.86. The van der Waals surface area contributed by atoms with Gasteiger partial charge in [0.25, 0.3) is 0 Å². The number of carbonyl (C=O) groups excluding carboxylic acids is 2. The Bertz CT molecular complexity index is 492. The first-order chi connectivity index (χ1) is 10.2. The number of benzene rings is 1. The van der Waals surface area contributed by atoms with Gasteiger partial charge in [-0.25, -0.2) is 4.79 Å². The first kappa shape index (κ1) is 18.0. The molecule has 0 aromatic heterocycles. The van der Waals surface area contributed by atoms with Crippen LogP contribution in [0, 0.1) is 5.92 Å². The highest BCUT2D eigenvalue weighted by atomic mass is 16.6. The molecule has 0 bridgehead atoms. The minimum Gasteiger partial charge on any atom is -0.444 e. The maximum atomic E-state index is 12.4. The van der Waals surface area contributed by atoms with Crippen LogP contribution in [0.2, 0.25) is 0 Å². The number of carbonyl (C=O) groups is 2. The predicted octanol–water partition coefficient (Wildman–Crippen LogP) is 3.02. The summed E-state index contributed by atoms with van der Waals surface area (Å²) in [6.07, 6.45) is -0.610. The lowest BCUT2D eigenvalue weighted by Gasteiger charge is -2.23. The van der Waals surface area contributed by atoms with Crippen LogP contribution in [0.5, 0.6) is 0 Å². The minimum atomic E-state index is -0.769.